The van der Waals surface area contributed by atoms with Gasteiger partial charge in [-0.05, 0) is 55.7 Å². The van der Waals surface area contributed by atoms with Crippen LogP contribution < -0.4 is 10.0 Å². The minimum Gasteiger partial charge on any atom is -0.871 e. The molecule has 0 spiro atoms. The molecule has 2 saturated heterocycles. The molecule has 0 bridgehead atoms. The molecule has 4 aliphatic rings. The van der Waals surface area contributed by atoms with E-state index < -0.39 is 17.3 Å². The highest BCUT2D eigenvalue weighted by Gasteiger charge is 2.37. The van der Waals surface area contributed by atoms with Crippen molar-refractivity contribution in [3.05, 3.63) is 45.4 Å². The van der Waals surface area contributed by atoms with Crippen molar-refractivity contribution in [3.8, 4) is 0 Å². The van der Waals surface area contributed by atoms with Crippen LogP contribution in [-0.4, -0.2) is 47.4 Å². The number of rotatable bonds is 2. The number of hydrogen-bond donors (Lipinski definition) is 0. The van der Waals surface area contributed by atoms with Gasteiger partial charge >= 0.3 is 0 Å². The van der Waals surface area contributed by atoms with E-state index in [-0.39, 0.29) is 11.1 Å². The third-order valence-electron chi connectivity index (χ3n) is 6.13. The lowest BCUT2D eigenvalue weighted by atomic mass is 10.1. The number of nitrogens with zero attached hydrogens (tertiary/aromatic N) is 2. The fraction of sp³-hybridized carbons (Fsp3) is 0.435. The van der Waals surface area contributed by atoms with Gasteiger partial charge < -0.3 is 10.0 Å². The highest BCUT2D eigenvalue weighted by molar-refractivity contribution is 8.18. The van der Waals surface area contributed by atoms with Gasteiger partial charge in [-0.3, -0.25) is 9.59 Å². The lowest BCUT2D eigenvalue weighted by molar-refractivity contribution is -0.534. The van der Waals surface area contributed by atoms with Crippen LogP contribution in [0.25, 0.3) is 5.57 Å². The van der Waals surface area contributed by atoms with E-state index >= 15 is 0 Å². The molecule has 5 rings (SSSR count). The third kappa shape index (κ3) is 3.48. The van der Waals surface area contributed by atoms with Gasteiger partial charge in [0.25, 0.3) is 0 Å². The lowest BCUT2D eigenvalue weighted by Crippen LogP contribution is -2.28. The van der Waals surface area contributed by atoms with Crippen LogP contribution in [0.2, 0.25) is 0 Å². The van der Waals surface area contributed by atoms with E-state index in [1.807, 2.05) is 24.3 Å². The van der Waals surface area contributed by atoms with E-state index in [0.717, 1.165) is 61.9 Å². The average molecular weight is 441 g/mol. The molecule has 7 heteroatoms. The van der Waals surface area contributed by atoms with Gasteiger partial charge in [-0.2, -0.15) is 0 Å². The first-order valence-corrected chi connectivity index (χ1v) is 12.3. The van der Waals surface area contributed by atoms with Crippen LogP contribution in [0.3, 0.4) is 0 Å². The first kappa shape index (κ1) is 19.8. The highest BCUT2D eigenvalue weighted by Crippen LogP contribution is 2.41. The van der Waals surface area contributed by atoms with Gasteiger partial charge in [0.05, 0.1) is 5.00 Å². The minimum atomic E-state index is -0.657. The van der Waals surface area contributed by atoms with Crippen molar-refractivity contribution in [2.24, 2.45) is 0 Å². The van der Waals surface area contributed by atoms with Crippen LogP contribution in [0.15, 0.2) is 40.5 Å². The first-order chi connectivity index (χ1) is 14.6. The standard InChI is InChI=1S/C23H24N2O3S2/c26-21-19(15-7-9-17(29-15)24-11-3-1-4-12-24)22(27)23(28)20(21)16-8-10-18(30-16)25-13-5-2-6-14-25/h7-10H,1-6,11-14H2. The first-order valence-electron chi connectivity index (χ1n) is 10.7. The highest BCUT2D eigenvalue weighted by atomic mass is 32.2. The van der Waals surface area contributed by atoms with Crippen molar-refractivity contribution in [2.75, 3.05) is 31.1 Å². The molecule has 0 radical (unpaired) electrons. The normalized spacial score (nSPS) is 25.3. The molecule has 0 N–H and O–H groups in total. The second kappa shape index (κ2) is 8.19. The molecular weight excluding hydrogens is 416 g/mol. The Morgan fingerprint density at radius 1 is 0.867 bits per heavy atom. The molecule has 0 saturated carbocycles. The Morgan fingerprint density at radius 2 is 1.57 bits per heavy atom. The maximum atomic E-state index is 13.2. The molecule has 1 aromatic heterocycles. The van der Waals surface area contributed by atoms with E-state index in [0.29, 0.717) is 9.78 Å². The molecule has 0 aromatic carbocycles. The number of allylic oxidation sites excluding steroid dienone is 3. The van der Waals surface area contributed by atoms with Crippen LogP contribution in [0.1, 0.15) is 43.4 Å². The fourth-order valence-electron chi connectivity index (χ4n) is 4.50. The van der Waals surface area contributed by atoms with E-state index in [4.69, 9.17) is 0 Å². The molecule has 3 aliphatic heterocycles. The van der Waals surface area contributed by atoms with Gasteiger partial charge in [0, 0.05) is 52.9 Å². The number of hydrogen-bond acceptors (Lipinski definition) is 6. The van der Waals surface area contributed by atoms with E-state index in [9.17, 15) is 14.7 Å². The molecule has 30 heavy (non-hydrogen) atoms. The summed E-state index contributed by atoms with van der Waals surface area (Å²) in [5.74, 6) is -1.73. The van der Waals surface area contributed by atoms with E-state index in [1.54, 1.807) is 0 Å². The number of piperidine rings is 2. The van der Waals surface area contributed by atoms with Crippen molar-refractivity contribution >= 4 is 50.3 Å². The fourth-order valence-corrected chi connectivity index (χ4v) is 6.69. The number of thioether (sulfide) groups is 1. The number of thiophene rings is 1. The molecular formula is C23H24N2O3S2. The van der Waals surface area contributed by atoms with Crippen molar-refractivity contribution in [1.29, 1.82) is 0 Å². The zero-order valence-corrected chi connectivity index (χ0v) is 18.4. The largest absolute Gasteiger partial charge is 0.871 e. The minimum absolute atomic E-state index is 0.0520. The summed E-state index contributed by atoms with van der Waals surface area (Å²) in [6.45, 7) is 4.01. The Balaban J connectivity index is 1.46. The summed E-state index contributed by atoms with van der Waals surface area (Å²) in [7, 11) is 0. The van der Waals surface area contributed by atoms with Gasteiger partial charge in [0.1, 0.15) is 13.1 Å². The second-order valence-electron chi connectivity index (χ2n) is 8.11. The molecule has 2 fully saturated rings. The van der Waals surface area contributed by atoms with Crippen molar-refractivity contribution in [1.82, 2.24) is 0 Å². The summed E-state index contributed by atoms with van der Waals surface area (Å²) in [4.78, 5) is 29.0. The molecule has 0 unspecified atom stereocenters. The molecule has 5 nitrogen and oxygen atoms in total. The van der Waals surface area contributed by atoms with Crippen LogP contribution in [-0.2, 0) is 9.59 Å². The van der Waals surface area contributed by atoms with Crippen LogP contribution >= 0.6 is 23.1 Å². The summed E-state index contributed by atoms with van der Waals surface area (Å²) in [5.41, 5.74) is 0.104. The summed E-state index contributed by atoms with van der Waals surface area (Å²) in [5, 5.41) is 15.3. The molecule has 1 aromatic rings. The van der Waals surface area contributed by atoms with Crippen molar-refractivity contribution < 1.29 is 19.3 Å². The summed E-state index contributed by atoms with van der Waals surface area (Å²) < 4.78 is 2.30. The van der Waals surface area contributed by atoms with Crippen molar-refractivity contribution in [2.45, 2.75) is 38.5 Å². The molecule has 1 aliphatic carbocycles. The van der Waals surface area contributed by atoms with Crippen LogP contribution in [0.4, 0.5) is 5.00 Å². The number of carbonyl (C=O) groups excluding carboxylic acids is 2. The van der Waals surface area contributed by atoms with E-state index in [1.165, 1.54) is 35.9 Å². The predicted molar refractivity (Wildman–Crippen MR) is 120 cm³/mol. The van der Waals surface area contributed by atoms with Gasteiger partial charge in [-0.25, -0.2) is 4.58 Å². The zero-order valence-electron chi connectivity index (χ0n) is 16.8. The maximum absolute atomic E-state index is 13.2. The predicted octanol–water partition coefficient (Wildman–Crippen LogP) is 3.11. The van der Waals surface area contributed by atoms with Gasteiger partial charge in [0.2, 0.25) is 16.6 Å². The van der Waals surface area contributed by atoms with Gasteiger partial charge in [0.15, 0.2) is 0 Å². The van der Waals surface area contributed by atoms with Crippen LogP contribution in [0, 0.1) is 0 Å². The zero-order chi connectivity index (χ0) is 20.7. The number of Topliss-reactive ketones (excluding diaryl/α,β-unsaturated/α-hetero) is 2. The SMILES string of the molecule is O=C1C(=O)C(c2ccc(N3CCCCC3)s2)=C([O-])C1=C1C=CC(=[N+]2CCCCC2)S1. The molecule has 156 valence electrons. The second-order valence-corrected chi connectivity index (χ2v) is 10.2. The monoisotopic (exact) mass is 440 g/mol. The summed E-state index contributed by atoms with van der Waals surface area (Å²) >= 11 is 2.90. The van der Waals surface area contributed by atoms with Gasteiger partial charge in [-0.15, -0.1) is 11.3 Å². The summed E-state index contributed by atoms with van der Waals surface area (Å²) in [6.07, 6.45) is 10.9. The number of ketones is 2. The number of carbonyl (C=O) groups is 2. The van der Waals surface area contributed by atoms with Crippen LogP contribution in [0.5, 0.6) is 0 Å². The Hall–Kier alpha value is -2.12. The maximum Gasteiger partial charge on any atom is 0.239 e. The lowest BCUT2D eigenvalue weighted by Gasteiger charge is -2.27. The Bertz CT molecular complexity index is 1030. The Morgan fingerprint density at radius 3 is 2.33 bits per heavy atom. The summed E-state index contributed by atoms with van der Waals surface area (Å²) in [6, 6.07) is 3.80. The third-order valence-corrected chi connectivity index (χ3v) is 8.45. The molecule has 4 heterocycles. The quantitative estimate of drug-likeness (QED) is 0.402. The average Bonchev–Trinajstić information content (AvgIpc) is 3.49. The Kier molecular flexibility index (Phi) is 5.41. The molecule has 0 atom stereocenters. The smallest absolute Gasteiger partial charge is 0.239 e. The van der Waals surface area contributed by atoms with E-state index in [2.05, 4.69) is 9.48 Å². The van der Waals surface area contributed by atoms with Gasteiger partial charge in [-0.1, -0.05) is 5.76 Å². The topological polar surface area (TPSA) is 63.4 Å². The molecule has 0 amide bonds. The van der Waals surface area contributed by atoms with Crippen molar-refractivity contribution in [3.63, 3.8) is 0 Å². The Labute approximate surface area is 184 Å². The number of anilines is 1.